The van der Waals surface area contributed by atoms with Crippen LogP contribution in [-0.4, -0.2) is 20.8 Å². The van der Waals surface area contributed by atoms with Crippen LogP contribution >= 0.6 is 11.1 Å². The number of aliphatic hydroxyl groups is 1. The minimum absolute atomic E-state index is 0.126. The third-order valence-electron chi connectivity index (χ3n) is 4.69. The molecule has 0 aliphatic carbocycles. The van der Waals surface area contributed by atoms with Crippen LogP contribution in [0.1, 0.15) is 50.0 Å². The Bertz CT molecular complexity index is 884. The molecule has 0 aliphatic rings. The Kier molecular flexibility index (Phi) is 16.5. The van der Waals surface area contributed by atoms with E-state index in [9.17, 15) is 5.11 Å². The normalized spacial score (nSPS) is 12.5. The first-order valence-electron chi connectivity index (χ1n) is 12.0. The van der Waals surface area contributed by atoms with Crippen LogP contribution in [0.25, 0.3) is 0 Å². The SMILES string of the molecule is C=CCC(O)c1ccccc1.C=CCC(O[Si](C)(C)C=C(C)C)c1ccccc1.C=C[Si](C)(C)Cl. The fraction of sp³-hybridized carbons (Fsp3) is 0.333. The van der Waals surface area contributed by atoms with Crippen LogP contribution in [0.4, 0.5) is 0 Å². The van der Waals surface area contributed by atoms with Crippen molar-refractivity contribution < 1.29 is 9.53 Å². The standard InChI is InChI=1S/C16H24OSi.C10H12O.C4H9ClSi/c1-6-10-16(15-11-8-7-9-12-15)17-18(4,5)13-14(2)3;1-2-6-10(11)9-7-4-3-5-8-9;1-4-6(2,3)5/h6-9,11-13,16H,1,10H2,2-5H3;2-5,7-8,10-11H,1,6H2;4H,1H2,2-3H3. The molecule has 0 amide bonds. The van der Waals surface area contributed by atoms with Crippen molar-refractivity contribution >= 4 is 26.8 Å². The summed E-state index contributed by atoms with van der Waals surface area (Å²) in [6, 6.07) is 20.0. The molecule has 2 unspecified atom stereocenters. The van der Waals surface area contributed by atoms with E-state index in [1.54, 1.807) is 6.08 Å². The number of rotatable bonds is 10. The lowest BCUT2D eigenvalue weighted by molar-refractivity contribution is 0.181. The van der Waals surface area contributed by atoms with Gasteiger partial charge in [0.2, 0.25) is 8.32 Å². The summed E-state index contributed by atoms with van der Waals surface area (Å²) in [6.07, 6.45) is 4.86. The maximum Gasteiger partial charge on any atom is 0.211 e. The molecule has 0 saturated carbocycles. The predicted molar refractivity (Wildman–Crippen MR) is 162 cm³/mol. The first kappa shape index (κ1) is 33.0. The summed E-state index contributed by atoms with van der Waals surface area (Å²) in [6.45, 7) is 23.8. The smallest absolute Gasteiger partial charge is 0.211 e. The zero-order chi connectivity index (χ0) is 26.9. The number of allylic oxidation sites excluding steroid dienone is 1. The molecule has 0 fully saturated rings. The molecule has 2 aromatic carbocycles. The molecular formula is C30H45ClO2Si2. The van der Waals surface area contributed by atoms with E-state index in [4.69, 9.17) is 15.5 Å². The molecule has 5 heteroatoms. The average molecular weight is 529 g/mol. The van der Waals surface area contributed by atoms with Crippen molar-refractivity contribution in [2.24, 2.45) is 0 Å². The topological polar surface area (TPSA) is 29.5 Å². The van der Waals surface area contributed by atoms with E-state index in [1.165, 1.54) is 11.1 Å². The molecule has 0 radical (unpaired) electrons. The van der Waals surface area contributed by atoms with Gasteiger partial charge in [0.05, 0.1) is 12.2 Å². The zero-order valence-electron chi connectivity index (χ0n) is 22.5. The fourth-order valence-corrected chi connectivity index (χ4v) is 5.56. The van der Waals surface area contributed by atoms with Gasteiger partial charge in [-0.1, -0.05) is 103 Å². The Balaban J connectivity index is 0.000000574. The van der Waals surface area contributed by atoms with E-state index in [1.807, 2.05) is 61.3 Å². The molecule has 2 atom stereocenters. The summed E-state index contributed by atoms with van der Waals surface area (Å²) in [5, 5.41) is 9.45. The molecule has 0 heterocycles. The monoisotopic (exact) mass is 528 g/mol. The molecule has 192 valence electrons. The summed E-state index contributed by atoms with van der Waals surface area (Å²) in [5.74, 6) is 0. The molecule has 2 rings (SSSR count). The fourth-order valence-electron chi connectivity index (χ4n) is 3.14. The molecule has 0 saturated heterocycles. The first-order chi connectivity index (χ1) is 16.3. The van der Waals surface area contributed by atoms with Crippen LogP contribution in [0.5, 0.6) is 0 Å². The van der Waals surface area contributed by atoms with Gasteiger partial charge in [0.15, 0.2) is 7.38 Å². The van der Waals surface area contributed by atoms with Gasteiger partial charge >= 0.3 is 0 Å². The van der Waals surface area contributed by atoms with Crippen molar-refractivity contribution in [2.75, 3.05) is 0 Å². The van der Waals surface area contributed by atoms with Crippen molar-refractivity contribution in [2.45, 2.75) is 65.1 Å². The lowest BCUT2D eigenvalue weighted by Gasteiger charge is -2.27. The van der Waals surface area contributed by atoms with Gasteiger partial charge in [-0.05, 0) is 50.9 Å². The number of hydrogen-bond donors (Lipinski definition) is 1. The second-order valence-corrected chi connectivity index (χ2v) is 19.8. The van der Waals surface area contributed by atoms with E-state index in [0.29, 0.717) is 6.42 Å². The van der Waals surface area contributed by atoms with Gasteiger partial charge in [0.1, 0.15) is 0 Å². The highest BCUT2D eigenvalue weighted by Crippen LogP contribution is 2.26. The molecule has 0 bridgehead atoms. The van der Waals surface area contributed by atoms with Crippen molar-refractivity contribution in [3.8, 4) is 0 Å². The molecule has 0 aliphatic heterocycles. The van der Waals surface area contributed by atoms with Crippen molar-refractivity contribution in [1.29, 1.82) is 0 Å². The van der Waals surface area contributed by atoms with Crippen LogP contribution in [0.15, 0.2) is 110 Å². The van der Waals surface area contributed by atoms with Gasteiger partial charge in [0, 0.05) is 0 Å². The van der Waals surface area contributed by atoms with Crippen molar-refractivity contribution in [3.63, 3.8) is 0 Å². The van der Waals surface area contributed by atoms with Gasteiger partial charge in [-0.25, -0.2) is 0 Å². The number of halogens is 1. The van der Waals surface area contributed by atoms with Crippen LogP contribution < -0.4 is 0 Å². The summed E-state index contributed by atoms with van der Waals surface area (Å²) in [4.78, 5) is 0. The average Bonchev–Trinajstić information content (AvgIpc) is 2.79. The van der Waals surface area contributed by atoms with Crippen LogP contribution in [0, 0.1) is 0 Å². The van der Waals surface area contributed by atoms with E-state index in [0.717, 1.165) is 12.0 Å². The van der Waals surface area contributed by atoms with E-state index in [-0.39, 0.29) is 6.10 Å². The summed E-state index contributed by atoms with van der Waals surface area (Å²) < 4.78 is 6.37. The van der Waals surface area contributed by atoms with Gasteiger partial charge < -0.3 is 9.53 Å². The Morgan fingerprint density at radius 3 is 1.66 bits per heavy atom. The van der Waals surface area contributed by atoms with Gasteiger partial charge in [-0.15, -0.1) is 19.7 Å². The molecule has 2 nitrogen and oxygen atoms in total. The summed E-state index contributed by atoms with van der Waals surface area (Å²) in [7, 11) is -3.15. The Labute approximate surface area is 221 Å². The lowest BCUT2D eigenvalue weighted by Crippen LogP contribution is -2.30. The molecule has 1 N–H and O–H groups in total. The molecular weight excluding hydrogens is 484 g/mol. The highest BCUT2D eigenvalue weighted by atomic mass is 35.6. The third-order valence-corrected chi connectivity index (χ3v) is 8.29. The summed E-state index contributed by atoms with van der Waals surface area (Å²) >= 11 is 5.74. The maximum atomic E-state index is 9.45. The zero-order valence-corrected chi connectivity index (χ0v) is 25.3. The maximum absolute atomic E-state index is 9.45. The molecule has 0 spiro atoms. The lowest BCUT2D eigenvalue weighted by atomic mass is 10.1. The van der Waals surface area contributed by atoms with Crippen LogP contribution in [-0.2, 0) is 4.43 Å². The van der Waals surface area contributed by atoms with Crippen LogP contribution in [0.3, 0.4) is 0 Å². The number of benzene rings is 2. The number of aliphatic hydroxyl groups excluding tert-OH is 1. The quantitative estimate of drug-likeness (QED) is 0.189. The first-order valence-corrected chi connectivity index (χ1v) is 19.1. The second-order valence-electron chi connectivity index (χ2n) is 9.59. The number of hydrogen-bond acceptors (Lipinski definition) is 2. The Morgan fingerprint density at radius 1 is 0.857 bits per heavy atom. The van der Waals surface area contributed by atoms with Gasteiger partial charge in [-0.3, -0.25) is 0 Å². The largest absolute Gasteiger partial charge is 0.406 e. The minimum atomic E-state index is -1.76. The Hall–Kier alpha value is -1.96. The van der Waals surface area contributed by atoms with Crippen molar-refractivity contribution in [3.05, 3.63) is 121 Å². The summed E-state index contributed by atoms with van der Waals surface area (Å²) in [5.41, 5.74) is 7.66. The van der Waals surface area contributed by atoms with E-state index < -0.39 is 21.8 Å². The van der Waals surface area contributed by atoms with E-state index >= 15 is 0 Å². The highest BCUT2D eigenvalue weighted by Gasteiger charge is 2.24. The minimum Gasteiger partial charge on any atom is -0.406 e. The molecule has 2 aromatic rings. The van der Waals surface area contributed by atoms with Crippen LogP contribution in [0.2, 0.25) is 26.2 Å². The molecule has 0 aromatic heterocycles. The predicted octanol–water partition coefficient (Wildman–Crippen LogP) is 9.48. The van der Waals surface area contributed by atoms with Crippen molar-refractivity contribution in [1.82, 2.24) is 0 Å². The van der Waals surface area contributed by atoms with E-state index in [2.05, 4.69) is 76.6 Å². The molecule has 35 heavy (non-hydrogen) atoms. The second kappa shape index (κ2) is 17.5. The Morgan fingerprint density at radius 2 is 1.29 bits per heavy atom. The van der Waals surface area contributed by atoms with Gasteiger partial charge in [-0.2, -0.15) is 11.1 Å². The third kappa shape index (κ3) is 17.2. The van der Waals surface area contributed by atoms with Gasteiger partial charge in [0.25, 0.3) is 0 Å². The highest BCUT2D eigenvalue weighted by molar-refractivity contribution is 7.21.